The minimum Gasteiger partial charge on any atom is -0.497 e. The van der Waals surface area contributed by atoms with Crippen molar-refractivity contribution in [3.8, 4) is 11.5 Å². The predicted octanol–water partition coefficient (Wildman–Crippen LogP) is 1.17. The molecule has 3 N–H and O–H groups in total. The van der Waals surface area contributed by atoms with Crippen LogP contribution in [0.3, 0.4) is 0 Å². The van der Waals surface area contributed by atoms with Crippen LogP contribution in [0.1, 0.15) is 11.5 Å². The summed E-state index contributed by atoms with van der Waals surface area (Å²) in [5.41, 5.74) is 7.95. The van der Waals surface area contributed by atoms with Crippen LogP contribution in [0.25, 0.3) is 0 Å². The number of benzene rings is 1. The number of nitrogens with two attached hydrogens (primary N) is 1. The molecule has 0 aromatic heterocycles. The third-order valence-electron chi connectivity index (χ3n) is 2.81. The van der Waals surface area contributed by atoms with E-state index in [9.17, 15) is 0 Å². The summed E-state index contributed by atoms with van der Waals surface area (Å²) in [5.74, 6) is 1.98. The van der Waals surface area contributed by atoms with Gasteiger partial charge in [-0.1, -0.05) is 0 Å². The molecule has 1 aromatic rings. The maximum absolute atomic E-state index is 5.71. The zero-order valence-electron chi connectivity index (χ0n) is 9.04. The normalized spacial score (nSPS) is 18.2. The standard InChI is InChI=1S/C11H16N2O2/c1-14-8-3-9-7(5-12)6-13-11(9)10(4-8)15-2/h3-4,7,13H,5-6,12H2,1-2H3. The summed E-state index contributed by atoms with van der Waals surface area (Å²) in [6.45, 7) is 1.51. The van der Waals surface area contributed by atoms with Crippen molar-refractivity contribution >= 4 is 5.69 Å². The molecular formula is C11H16N2O2. The predicted molar refractivity (Wildman–Crippen MR) is 59.8 cm³/mol. The second-order valence-electron chi connectivity index (χ2n) is 3.61. The first-order chi connectivity index (χ1) is 7.30. The third-order valence-corrected chi connectivity index (χ3v) is 2.81. The monoisotopic (exact) mass is 208 g/mol. The molecule has 0 radical (unpaired) electrons. The lowest BCUT2D eigenvalue weighted by atomic mass is 10.0. The Morgan fingerprint density at radius 1 is 1.40 bits per heavy atom. The van der Waals surface area contributed by atoms with E-state index < -0.39 is 0 Å². The lowest BCUT2D eigenvalue weighted by Gasteiger charge is -2.11. The Kier molecular flexibility index (Phi) is 2.68. The highest BCUT2D eigenvalue weighted by atomic mass is 16.5. The molecule has 0 saturated heterocycles. The van der Waals surface area contributed by atoms with E-state index in [-0.39, 0.29) is 0 Å². The first kappa shape index (κ1) is 10.1. The summed E-state index contributed by atoms with van der Waals surface area (Å²) in [5, 5.41) is 3.31. The highest BCUT2D eigenvalue weighted by molar-refractivity contribution is 5.69. The highest BCUT2D eigenvalue weighted by Crippen LogP contribution is 2.41. The van der Waals surface area contributed by atoms with Gasteiger partial charge in [-0.05, 0) is 11.6 Å². The van der Waals surface area contributed by atoms with E-state index in [4.69, 9.17) is 15.2 Å². The second-order valence-corrected chi connectivity index (χ2v) is 3.61. The molecule has 1 heterocycles. The first-order valence-corrected chi connectivity index (χ1v) is 5.00. The molecule has 0 bridgehead atoms. The Labute approximate surface area is 89.4 Å². The van der Waals surface area contributed by atoms with Crippen LogP contribution in [0.5, 0.6) is 11.5 Å². The fraction of sp³-hybridized carbons (Fsp3) is 0.455. The van der Waals surface area contributed by atoms with Gasteiger partial charge in [0.15, 0.2) is 0 Å². The topological polar surface area (TPSA) is 56.5 Å². The van der Waals surface area contributed by atoms with Gasteiger partial charge >= 0.3 is 0 Å². The van der Waals surface area contributed by atoms with Crippen molar-refractivity contribution in [3.05, 3.63) is 17.7 Å². The Morgan fingerprint density at radius 3 is 2.80 bits per heavy atom. The van der Waals surface area contributed by atoms with Crippen molar-refractivity contribution in [1.29, 1.82) is 0 Å². The third kappa shape index (κ3) is 1.61. The van der Waals surface area contributed by atoms with Crippen molar-refractivity contribution in [2.24, 2.45) is 5.73 Å². The summed E-state index contributed by atoms with van der Waals surface area (Å²) >= 11 is 0. The Balaban J connectivity index is 2.48. The number of hydrogen-bond acceptors (Lipinski definition) is 4. The summed E-state index contributed by atoms with van der Waals surface area (Å²) in [6, 6.07) is 3.90. The number of rotatable bonds is 3. The number of anilines is 1. The maximum atomic E-state index is 5.71. The molecule has 0 spiro atoms. The average Bonchev–Trinajstić information content (AvgIpc) is 2.70. The SMILES string of the molecule is COc1cc(OC)c2c(c1)C(CN)CN2. The van der Waals surface area contributed by atoms with E-state index in [1.54, 1.807) is 14.2 Å². The van der Waals surface area contributed by atoms with Crippen LogP contribution >= 0.6 is 0 Å². The van der Waals surface area contributed by atoms with Gasteiger partial charge in [0.25, 0.3) is 0 Å². The van der Waals surface area contributed by atoms with Crippen LogP contribution in [0.15, 0.2) is 12.1 Å². The second kappa shape index (κ2) is 3.98. The molecule has 1 unspecified atom stereocenters. The van der Waals surface area contributed by atoms with Crippen molar-refractivity contribution in [2.45, 2.75) is 5.92 Å². The zero-order chi connectivity index (χ0) is 10.8. The molecule has 4 heteroatoms. The van der Waals surface area contributed by atoms with E-state index in [2.05, 4.69) is 5.32 Å². The van der Waals surface area contributed by atoms with Crippen LogP contribution in [-0.2, 0) is 0 Å². The largest absolute Gasteiger partial charge is 0.497 e. The van der Waals surface area contributed by atoms with E-state index >= 15 is 0 Å². The van der Waals surface area contributed by atoms with Crippen molar-refractivity contribution in [1.82, 2.24) is 0 Å². The van der Waals surface area contributed by atoms with Gasteiger partial charge in [-0.25, -0.2) is 0 Å². The molecule has 0 saturated carbocycles. The van der Waals surface area contributed by atoms with Crippen molar-refractivity contribution < 1.29 is 9.47 Å². The number of fused-ring (bicyclic) bond motifs is 1. The van der Waals surface area contributed by atoms with E-state index in [0.717, 1.165) is 23.7 Å². The molecule has 1 aliphatic heterocycles. The van der Waals surface area contributed by atoms with Crippen LogP contribution < -0.4 is 20.5 Å². The van der Waals surface area contributed by atoms with Crippen LogP contribution in [0.2, 0.25) is 0 Å². The smallest absolute Gasteiger partial charge is 0.145 e. The number of methoxy groups -OCH3 is 2. The number of ether oxygens (including phenoxy) is 2. The molecule has 15 heavy (non-hydrogen) atoms. The molecule has 2 rings (SSSR count). The summed E-state index contributed by atoms with van der Waals surface area (Å²) in [6.07, 6.45) is 0. The van der Waals surface area contributed by atoms with Crippen LogP contribution in [0, 0.1) is 0 Å². The molecular weight excluding hydrogens is 192 g/mol. The van der Waals surface area contributed by atoms with E-state index in [0.29, 0.717) is 12.5 Å². The van der Waals surface area contributed by atoms with Crippen LogP contribution in [0.4, 0.5) is 5.69 Å². The quantitative estimate of drug-likeness (QED) is 0.783. The molecule has 4 nitrogen and oxygen atoms in total. The zero-order valence-corrected chi connectivity index (χ0v) is 9.04. The highest BCUT2D eigenvalue weighted by Gasteiger charge is 2.25. The Bertz CT molecular complexity index is 366. The minimum absolute atomic E-state index is 0.351. The first-order valence-electron chi connectivity index (χ1n) is 5.00. The minimum atomic E-state index is 0.351. The average molecular weight is 208 g/mol. The fourth-order valence-corrected chi connectivity index (χ4v) is 1.95. The van der Waals surface area contributed by atoms with E-state index in [1.807, 2.05) is 12.1 Å². The molecule has 82 valence electrons. The van der Waals surface area contributed by atoms with Gasteiger partial charge < -0.3 is 20.5 Å². The fourth-order valence-electron chi connectivity index (χ4n) is 1.95. The van der Waals surface area contributed by atoms with E-state index in [1.165, 1.54) is 5.56 Å². The maximum Gasteiger partial charge on any atom is 0.145 e. The van der Waals surface area contributed by atoms with Gasteiger partial charge in [0.1, 0.15) is 11.5 Å². The van der Waals surface area contributed by atoms with Gasteiger partial charge in [-0.2, -0.15) is 0 Å². The molecule has 1 aliphatic rings. The number of hydrogen-bond donors (Lipinski definition) is 2. The van der Waals surface area contributed by atoms with Gasteiger partial charge in [0.2, 0.25) is 0 Å². The van der Waals surface area contributed by atoms with Crippen LogP contribution in [-0.4, -0.2) is 27.3 Å². The van der Waals surface area contributed by atoms with Gasteiger partial charge in [0.05, 0.1) is 19.9 Å². The van der Waals surface area contributed by atoms with Crippen molar-refractivity contribution in [3.63, 3.8) is 0 Å². The Morgan fingerprint density at radius 2 is 2.20 bits per heavy atom. The van der Waals surface area contributed by atoms with Gasteiger partial charge in [-0.3, -0.25) is 0 Å². The van der Waals surface area contributed by atoms with Gasteiger partial charge in [-0.15, -0.1) is 0 Å². The summed E-state index contributed by atoms with van der Waals surface area (Å²) in [4.78, 5) is 0. The summed E-state index contributed by atoms with van der Waals surface area (Å²) in [7, 11) is 3.31. The lowest BCUT2D eigenvalue weighted by Crippen LogP contribution is -2.13. The lowest BCUT2D eigenvalue weighted by molar-refractivity contribution is 0.395. The summed E-state index contributed by atoms with van der Waals surface area (Å²) < 4.78 is 10.5. The van der Waals surface area contributed by atoms with Crippen molar-refractivity contribution in [2.75, 3.05) is 32.6 Å². The molecule has 0 fully saturated rings. The number of nitrogens with one attached hydrogen (secondary N) is 1. The molecule has 0 aliphatic carbocycles. The Hall–Kier alpha value is -1.42. The van der Waals surface area contributed by atoms with Gasteiger partial charge in [0, 0.05) is 25.1 Å². The molecule has 1 atom stereocenters. The molecule has 1 aromatic carbocycles. The molecule has 0 amide bonds.